The molecule has 1 aromatic rings. The van der Waals surface area contributed by atoms with Crippen molar-refractivity contribution >= 4 is 11.5 Å². The highest BCUT2D eigenvalue weighted by molar-refractivity contribution is 5.46. The van der Waals surface area contributed by atoms with Crippen molar-refractivity contribution in [3.8, 4) is 0 Å². The number of hydrogen-bond donors (Lipinski definition) is 3. The molecule has 0 aliphatic heterocycles. The van der Waals surface area contributed by atoms with Crippen LogP contribution in [0.2, 0.25) is 0 Å². The van der Waals surface area contributed by atoms with Gasteiger partial charge < -0.3 is 15.5 Å². The Bertz CT molecular complexity index is 383. The Morgan fingerprint density at radius 3 is 2.88 bits per heavy atom. The molecule has 0 saturated heterocycles. The van der Waals surface area contributed by atoms with Crippen molar-refractivity contribution in [2.75, 3.05) is 18.5 Å². The van der Waals surface area contributed by atoms with Crippen LogP contribution in [0.4, 0.5) is 11.5 Å². The Labute approximate surface area is 91.9 Å². The molecule has 0 aliphatic carbocycles. The lowest BCUT2D eigenvalue weighted by Gasteiger charge is -2.09. The van der Waals surface area contributed by atoms with Crippen LogP contribution in [0.3, 0.4) is 0 Å². The highest BCUT2D eigenvalue weighted by Gasteiger charge is 2.11. The maximum Gasteiger partial charge on any atom is 0.290 e. The first kappa shape index (κ1) is 12.3. The molecule has 7 nitrogen and oxygen atoms in total. The second-order valence-electron chi connectivity index (χ2n) is 3.33. The van der Waals surface area contributed by atoms with Gasteiger partial charge in [0.1, 0.15) is 12.0 Å². The Morgan fingerprint density at radius 1 is 1.69 bits per heavy atom. The number of aromatic nitrogens is 1. The molecule has 0 fully saturated rings. The molecule has 0 spiro atoms. The smallest absolute Gasteiger partial charge is 0.290 e. The third-order valence-corrected chi connectivity index (χ3v) is 2.01. The van der Waals surface area contributed by atoms with E-state index >= 15 is 0 Å². The summed E-state index contributed by atoms with van der Waals surface area (Å²) in [6.07, 6.45) is 0.278. The molecule has 88 valence electrons. The second kappa shape index (κ2) is 5.38. The molecule has 1 heterocycles. The van der Waals surface area contributed by atoms with Gasteiger partial charge in [0.25, 0.3) is 5.69 Å². The fourth-order valence-electron chi connectivity index (χ4n) is 1.12. The van der Waals surface area contributed by atoms with Gasteiger partial charge in [-0.2, -0.15) is 0 Å². The molecule has 0 bridgehead atoms. The summed E-state index contributed by atoms with van der Waals surface area (Å²) in [5.41, 5.74) is 0.439. The van der Waals surface area contributed by atoms with Gasteiger partial charge in [0, 0.05) is 12.1 Å². The minimum absolute atomic E-state index is 0.0479. The van der Waals surface area contributed by atoms with E-state index in [2.05, 4.69) is 10.3 Å². The Morgan fingerprint density at radius 2 is 2.38 bits per heavy atom. The number of nitrogens with zero attached hydrogens (tertiary/aromatic N) is 2. The third-order valence-electron chi connectivity index (χ3n) is 2.01. The van der Waals surface area contributed by atoms with E-state index in [9.17, 15) is 10.1 Å². The van der Waals surface area contributed by atoms with Gasteiger partial charge in [-0.3, -0.25) is 10.1 Å². The van der Waals surface area contributed by atoms with Gasteiger partial charge in [-0.1, -0.05) is 0 Å². The monoisotopic (exact) mass is 227 g/mol. The quantitative estimate of drug-likeness (QED) is 0.485. The van der Waals surface area contributed by atoms with E-state index in [0.717, 1.165) is 6.20 Å². The second-order valence-corrected chi connectivity index (χ2v) is 3.33. The first-order valence-corrected chi connectivity index (χ1v) is 4.68. The van der Waals surface area contributed by atoms with Gasteiger partial charge in [-0.25, -0.2) is 4.98 Å². The fourth-order valence-corrected chi connectivity index (χ4v) is 1.12. The van der Waals surface area contributed by atoms with E-state index in [-0.39, 0.29) is 18.8 Å². The molecule has 16 heavy (non-hydrogen) atoms. The zero-order chi connectivity index (χ0) is 12.1. The summed E-state index contributed by atoms with van der Waals surface area (Å²) in [4.78, 5) is 13.8. The van der Waals surface area contributed by atoms with Crippen molar-refractivity contribution in [2.45, 2.75) is 13.0 Å². The molecular weight excluding hydrogens is 214 g/mol. The van der Waals surface area contributed by atoms with Crippen LogP contribution < -0.4 is 5.32 Å². The van der Waals surface area contributed by atoms with E-state index in [1.807, 2.05) is 0 Å². The zero-order valence-corrected chi connectivity index (χ0v) is 8.75. The summed E-state index contributed by atoms with van der Waals surface area (Å²) in [5, 5.41) is 30.9. The Kier molecular flexibility index (Phi) is 4.15. The lowest BCUT2D eigenvalue weighted by molar-refractivity contribution is -0.385. The minimum atomic E-state index is -0.878. The average Bonchev–Trinajstić information content (AvgIpc) is 2.25. The average molecular weight is 227 g/mol. The highest BCUT2D eigenvalue weighted by Crippen LogP contribution is 2.18. The summed E-state index contributed by atoms with van der Waals surface area (Å²) in [7, 11) is 0. The molecule has 0 amide bonds. The number of aliphatic hydroxyl groups is 2. The SMILES string of the molecule is Cc1cc(NCC(O)CO)ncc1[N+](=O)[O-]. The number of nitro groups is 1. The minimum Gasteiger partial charge on any atom is -0.394 e. The van der Waals surface area contributed by atoms with Crippen molar-refractivity contribution in [2.24, 2.45) is 0 Å². The topological polar surface area (TPSA) is 109 Å². The first-order valence-electron chi connectivity index (χ1n) is 4.68. The molecule has 0 aromatic carbocycles. The van der Waals surface area contributed by atoms with Gasteiger partial charge in [-0.05, 0) is 13.0 Å². The van der Waals surface area contributed by atoms with Crippen LogP contribution in [0.25, 0.3) is 0 Å². The highest BCUT2D eigenvalue weighted by atomic mass is 16.6. The predicted octanol–water partition coefficient (Wildman–Crippen LogP) is 0.0633. The summed E-state index contributed by atoms with van der Waals surface area (Å²) in [5.74, 6) is 0.426. The standard InChI is InChI=1S/C9H13N3O4/c1-6-2-9(10-3-7(14)5-13)11-4-8(6)12(15)16/h2,4,7,13-14H,3,5H2,1H3,(H,10,11). The van der Waals surface area contributed by atoms with E-state index in [1.54, 1.807) is 6.92 Å². The van der Waals surface area contributed by atoms with Gasteiger partial charge in [0.05, 0.1) is 17.6 Å². The van der Waals surface area contributed by atoms with Gasteiger partial charge >= 0.3 is 0 Å². The van der Waals surface area contributed by atoms with Gasteiger partial charge in [0.15, 0.2) is 0 Å². The van der Waals surface area contributed by atoms with Crippen LogP contribution in [-0.4, -0.2) is 39.4 Å². The van der Waals surface area contributed by atoms with Crippen LogP contribution in [0.5, 0.6) is 0 Å². The lowest BCUT2D eigenvalue weighted by Crippen LogP contribution is -2.23. The zero-order valence-electron chi connectivity index (χ0n) is 8.75. The van der Waals surface area contributed by atoms with Crippen molar-refractivity contribution in [1.29, 1.82) is 0 Å². The number of pyridine rings is 1. The van der Waals surface area contributed by atoms with E-state index in [4.69, 9.17) is 10.2 Å². The van der Waals surface area contributed by atoms with E-state index in [0.29, 0.717) is 11.4 Å². The number of hydrogen-bond acceptors (Lipinski definition) is 6. The molecule has 1 rings (SSSR count). The van der Waals surface area contributed by atoms with Crippen LogP contribution in [-0.2, 0) is 0 Å². The molecule has 1 unspecified atom stereocenters. The number of rotatable bonds is 5. The lowest BCUT2D eigenvalue weighted by atomic mass is 10.2. The first-order chi connectivity index (χ1) is 7.54. The van der Waals surface area contributed by atoms with Crippen LogP contribution in [0, 0.1) is 17.0 Å². The van der Waals surface area contributed by atoms with Crippen molar-refractivity contribution in [1.82, 2.24) is 4.98 Å². The molecule has 1 aromatic heterocycles. The fraction of sp³-hybridized carbons (Fsp3) is 0.444. The summed E-state index contributed by atoms with van der Waals surface area (Å²) in [6, 6.07) is 1.52. The molecule has 7 heteroatoms. The van der Waals surface area contributed by atoms with Crippen LogP contribution >= 0.6 is 0 Å². The number of anilines is 1. The van der Waals surface area contributed by atoms with Crippen molar-refractivity contribution in [3.63, 3.8) is 0 Å². The van der Waals surface area contributed by atoms with E-state index < -0.39 is 11.0 Å². The normalized spacial score (nSPS) is 12.2. The van der Waals surface area contributed by atoms with Crippen molar-refractivity contribution < 1.29 is 15.1 Å². The largest absolute Gasteiger partial charge is 0.394 e. The van der Waals surface area contributed by atoms with Crippen LogP contribution in [0.1, 0.15) is 5.56 Å². The number of nitrogens with one attached hydrogen (secondary N) is 1. The number of aryl methyl sites for hydroxylation is 1. The predicted molar refractivity (Wildman–Crippen MR) is 57.2 cm³/mol. The van der Waals surface area contributed by atoms with Crippen molar-refractivity contribution in [3.05, 3.63) is 27.9 Å². The van der Waals surface area contributed by atoms with Gasteiger partial charge in [-0.15, -0.1) is 0 Å². The summed E-state index contributed by atoms with van der Waals surface area (Å²) in [6.45, 7) is 1.40. The maximum atomic E-state index is 10.5. The maximum absolute atomic E-state index is 10.5. The molecule has 0 aliphatic rings. The molecule has 0 radical (unpaired) electrons. The summed E-state index contributed by atoms with van der Waals surface area (Å²) >= 11 is 0. The third kappa shape index (κ3) is 3.14. The molecule has 3 N–H and O–H groups in total. The molecule has 1 atom stereocenters. The molecular formula is C9H13N3O4. The van der Waals surface area contributed by atoms with E-state index in [1.165, 1.54) is 6.07 Å². The van der Waals surface area contributed by atoms with Gasteiger partial charge in [0.2, 0.25) is 0 Å². The molecule has 0 saturated carbocycles. The summed E-state index contributed by atoms with van der Waals surface area (Å²) < 4.78 is 0. The number of aliphatic hydroxyl groups excluding tert-OH is 2. The Hall–Kier alpha value is -1.73. The Balaban J connectivity index is 2.70. The van der Waals surface area contributed by atoms with Crippen LogP contribution in [0.15, 0.2) is 12.3 Å².